The van der Waals surface area contributed by atoms with Gasteiger partial charge in [-0.25, -0.2) is 0 Å². The Balaban J connectivity index is 1.99. The molecule has 0 spiro atoms. The van der Waals surface area contributed by atoms with E-state index in [1.54, 1.807) is 24.3 Å². The van der Waals surface area contributed by atoms with Gasteiger partial charge < -0.3 is 10.0 Å². The third kappa shape index (κ3) is 3.10. The van der Waals surface area contributed by atoms with E-state index in [9.17, 15) is 5.11 Å². The van der Waals surface area contributed by atoms with Crippen LogP contribution < -0.4 is 4.90 Å². The van der Waals surface area contributed by atoms with Crippen molar-refractivity contribution >= 4 is 17.0 Å². The fourth-order valence-electron chi connectivity index (χ4n) is 2.59. The first kappa shape index (κ1) is 14.1. The molecule has 1 aromatic heterocycles. The summed E-state index contributed by atoms with van der Waals surface area (Å²) in [5.41, 5.74) is 3.82. The van der Waals surface area contributed by atoms with Crippen molar-refractivity contribution in [3.8, 4) is 6.07 Å². The number of anilines is 1. The number of aliphatic hydroxyl groups excluding tert-OH is 1. The summed E-state index contributed by atoms with van der Waals surface area (Å²) in [4.78, 5) is 2.34. The third-order valence-corrected chi connectivity index (χ3v) is 4.57. The van der Waals surface area contributed by atoms with Gasteiger partial charge in [0.2, 0.25) is 0 Å². The molecule has 4 heteroatoms. The Hall–Kier alpha value is -1.83. The molecule has 1 aromatic carbocycles. The second-order valence-electron chi connectivity index (χ2n) is 5.55. The lowest BCUT2D eigenvalue weighted by molar-refractivity contribution is 0.199. The van der Waals surface area contributed by atoms with E-state index in [2.05, 4.69) is 27.8 Å². The average Bonchev–Trinajstić information content (AvgIpc) is 3.20. The van der Waals surface area contributed by atoms with E-state index in [-0.39, 0.29) is 0 Å². The zero-order valence-corrected chi connectivity index (χ0v) is 12.8. The smallest absolute Gasteiger partial charge is 0.0992 e. The fourth-order valence-corrected chi connectivity index (χ4v) is 3.25. The molecule has 1 aliphatic carbocycles. The first-order valence-electron chi connectivity index (χ1n) is 7.19. The van der Waals surface area contributed by atoms with Crippen LogP contribution in [0.1, 0.15) is 42.6 Å². The highest BCUT2D eigenvalue weighted by Gasteiger charge is 2.31. The monoisotopic (exact) mass is 298 g/mol. The van der Waals surface area contributed by atoms with E-state index in [0.717, 1.165) is 17.8 Å². The molecule has 0 radical (unpaired) electrons. The molecule has 0 saturated heterocycles. The van der Waals surface area contributed by atoms with Gasteiger partial charge in [0.05, 0.1) is 17.7 Å². The number of rotatable bonds is 5. The predicted molar refractivity (Wildman–Crippen MR) is 85.3 cm³/mol. The maximum atomic E-state index is 10.0. The molecule has 1 atom stereocenters. The topological polar surface area (TPSA) is 47.3 Å². The van der Waals surface area contributed by atoms with Crippen LogP contribution in [0, 0.1) is 11.3 Å². The number of nitrogens with zero attached hydrogens (tertiary/aromatic N) is 2. The number of aliphatic hydroxyl groups is 1. The summed E-state index contributed by atoms with van der Waals surface area (Å²) in [7, 11) is 0. The molecule has 1 aliphatic rings. The molecular formula is C17H18N2OS. The van der Waals surface area contributed by atoms with Crippen LogP contribution >= 0.6 is 11.3 Å². The van der Waals surface area contributed by atoms with Crippen molar-refractivity contribution in [3.05, 3.63) is 51.7 Å². The summed E-state index contributed by atoms with van der Waals surface area (Å²) in [6, 6.07) is 10.4. The zero-order valence-electron chi connectivity index (χ0n) is 12.0. The van der Waals surface area contributed by atoms with Gasteiger partial charge in [-0.1, -0.05) is 6.07 Å². The Morgan fingerprint density at radius 3 is 2.81 bits per heavy atom. The number of benzene rings is 1. The van der Waals surface area contributed by atoms with Crippen LogP contribution in [-0.4, -0.2) is 11.1 Å². The number of hydrogen-bond donors (Lipinski definition) is 1. The molecule has 1 fully saturated rings. The lowest BCUT2D eigenvalue weighted by Gasteiger charge is -2.28. The molecule has 0 bridgehead atoms. The molecule has 0 aliphatic heterocycles. The van der Waals surface area contributed by atoms with Gasteiger partial charge in [0.15, 0.2) is 0 Å². The van der Waals surface area contributed by atoms with Crippen molar-refractivity contribution in [1.82, 2.24) is 0 Å². The van der Waals surface area contributed by atoms with Gasteiger partial charge >= 0.3 is 0 Å². The van der Waals surface area contributed by atoms with Crippen LogP contribution in [0.3, 0.4) is 0 Å². The highest BCUT2D eigenvalue weighted by molar-refractivity contribution is 7.07. The standard InChI is InChI=1S/C17H18N2OS/c1-12(20)16-5-2-13(9-18)8-17(16)19(15-3-4-15)10-14-6-7-21-11-14/h2,5-8,11-12,15,20H,3-4,10H2,1H3/t12-/m0/s1. The lowest BCUT2D eigenvalue weighted by atomic mass is 10.0. The van der Waals surface area contributed by atoms with Crippen molar-refractivity contribution < 1.29 is 5.11 Å². The summed E-state index contributed by atoms with van der Waals surface area (Å²) < 4.78 is 0. The molecule has 3 nitrogen and oxygen atoms in total. The maximum absolute atomic E-state index is 10.0. The molecule has 0 amide bonds. The molecule has 3 rings (SSSR count). The molecule has 1 saturated carbocycles. The second-order valence-corrected chi connectivity index (χ2v) is 6.33. The van der Waals surface area contributed by atoms with Crippen molar-refractivity contribution in [3.63, 3.8) is 0 Å². The Morgan fingerprint density at radius 1 is 1.43 bits per heavy atom. The normalized spacial score (nSPS) is 15.5. The predicted octanol–water partition coefficient (Wildman–Crippen LogP) is 3.84. The van der Waals surface area contributed by atoms with Gasteiger partial charge in [0.25, 0.3) is 0 Å². The van der Waals surface area contributed by atoms with E-state index in [1.165, 1.54) is 18.4 Å². The van der Waals surface area contributed by atoms with Crippen LogP contribution in [0.2, 0.25) is 0 Å². The van der Waals surface area contributed by atoms with Crippen LogP contribution in [-0.2, 0) is 6.54 Å². The Bertz CT molecular complexity index is 654. The molecule has 0 unspecified atom stereocenters. The molecule has 1 heterocycles. The maximum Gasteiger partial charge on any atom is 0.0992 e. The number of nitriles is 1. The SMILES string of the molecule is C[C@H](O)c1ccc(C#N)cc1N(Cc1ccsc1)C1CC1. The van der Waals surface area contributed by atoms with E-state index >= 15 is 0 Å². The van der Waals surface area contributed by atoms with Gasteiger partial charge in [-0.05, 0) is 54.3 Å². The first-order chi connectivity index (χ1) is 10.2. The second kappa shape index (κ2) is 5.88. The molecular weight excluding hydrogens is 280 g/mol. The summed E-state index contributed by atoms with van der Waals surface area (Å²) in [6.45, 7) is 2.61. The van der Waals surface area contributed by atoms with Crippen molar-refractivity contribution in [1.29, 1.82) is 5.26 Å². The van der Waals surface area contributed by atoms with E-state index in [1.807, 2.05) is 12.1 Å². The highest BCUT2D eigenvalue weighted by atomic mass is 32.1. The van der Waals surface area contributed by atoms with E-state index in [0.29, 0.717) is 11.6 Å². The van der Waals surface area contributed by atoms with Crippen LogP contribution in [0.15, 0.2) is 35.0 Å². The summed E-state index contributed by atoms with van der Waals surface area (Å²) in [6.07, 6.45) is 1.83. The highest BCUT2D eigenvalue weighted by Crippen LogP contribution is 2.37. The quantitative estimate of drug-likeness (QED) is 0.912. The average molecular weight is 298 g/mol. The minimum absolute atomic E-state index is 0.524. The number of thiophene rings is 1. The summed E-state index contributed by atoms with van der Waals surface area (Å²) in [5, 5.41) is 23.4. The largest absolute Gasteiger partial charge is 0.389 e. The summed E-state index contributed by atoms with van der Waals surface area (Å²) >= 11 is 1.70. The molecule has 108 valence electrons. The van der Waals surface area contributed by atoms with Gasteiger partial charge in [0.1, 0.15) is 0 Å². The van der Waals surface area contributed by atoms with E-state index < -0.39 is 6.10 Å². The Morgan fingerprint density at radius 2 is 2.24 bits per heavy atom. The van der Waals surface area contributed by atoms with E-state index in [4.69, 9.17) is 5.26 Å². The van der Waals surface area contributed by atoms with Crippen molar-refractivity contribution in [2.24, 2.45) is 0 Å². The van der Waals surface area contributed by atoms with Crippen LogP contribution in [0.5, 0.6) is 0 Å². The van der Waals surface area contributed by atoms with Crippen molar-refractivity contribution in [2.75, 3.05) is 4.90 Å². The fraction of sp³-hybridized carbons (Fsp3) is 0.353. The van der Waals surface area contributed by atoms with Gasteiger partial charge in [-0.3, -0.25) is 0 Å². The summed E-state index contributed by atoms with van der Waals surface area (Å²) in [5.74, 6) is 0. The minimum Gasteiger partial charge on any atom is -0.389 e. The van der Waals surface area contributed by atoms with Gasteiger partial charge in [-0.15, -0.1) is 0 Å². The lowest BCUT2D eigenvalue weighted by Crippen LogP contribution is -2.26. The Kier molecular flexibility index (Phi) is 3.96. The van der Waals surface area contributed by atoms with Crippen LogP contribution in [0.4, 0.5) is 5.69 Å². The zero-order chi connectivity index (χ0) is 14.8. The molecule has 21 heavy (non-hydrogen) atoms. The molecule has 2 aromatic rings. The number of hydrogen-bond acceptors (Lipinski definition) is 4. The minimum atomic E-state index is -0.531. The third-order valence-electron chi connectivity index (χ3n) is 3.84. The van der Waals surface area contributed by atoms with Gasteiger partial charge in [0, 0.05) is 23.8 Å². The van der Waals surface area contributed by atoms with Crippen molar-refractivity contribution in [2.45, 2.75) is 38.5 Å². The van der Waals surface area contributed by atoms with Gasteiger partial charge in [-0.2, -0.15) is 16.6 Å². The van der Waals surface area contributed by atoms with Crippen LogP contribution in [0.25, 0.3) is 0 Å². The Labute approximate surface area is 129 Å². The molecule has 1 N–H and O–H groups in total. The first-order valence-corrected chi connectivity index (χ1v) is 8.13.